The van der Waals surface area contributed by atoms with Crippen LogP contribution in [0.3, 0.4) is 0 Å². The zero-order chi connectivity index (χ0) is 10.7. The molecule has 0 spiro atoms. The van der Waals surface area contributed by atoms with Crippen LogP contribution in [0.15, 0.2) is 18.2 Å². The third kappa shape index (κ3) is 2.36. The number of methoxy groups -OCH3 is 1. The second-order valence-electron chi connectivity index (χ2n) is 3.65. The zero-order valence-electron chi connectivity index (χ0n) is 8.72. The molecule has 1 heterocycles. The Labute approximate surface area is 94.8 Å². The minimum atomic E-state index is 0.470. The van der Waals surface area contributed by atoms with Gasteiger partial charge in [0, 0.05) is 12.6 Å². The first-order chi connectivity index (χ1) is 7.31. The summed E-state index contributed by atoms with van der Waals surface area (Å²) in [6, 6.07) is 6.22. The van der Waals surface area contributed by atoms with E-state index in [2.05, 4.69) is 10.6 Å². The second-order valence-corrected chi connectivity index (χ2v) is 4.06. The summed E-state index contributed by atoms with van der Waals surface area (Å²) in [7, 11) is 1.64. The molecule has 3 nitrogen and oxygen atoms in total. The van der Waals surface area contributed by atoms with Crippen LogP contribution in [0.5, 0.6) is 5.75 Å². The van der Waals surface area contributed by atoms with Crippen LogP contribution in [0.1, 0.15) is 6.42 Å². The van der Waals surface area contributed by atoms with Crippen molar-refractivity contribution in [2.75, 3.05) is 25.5 Å². The first-order valence-corrected chi connectivity index (χ1v) is 5.49. The molecule has 1 fully saturated rings. The molecule has 82 valence electrons. The van der Waals surface area contributed by atoms with Crippen molar-refractivity contribution in [3.8, 4) is 5.75 Å². The highest BCUT2D eigenvalue weighted by atomic mass is 35.5. The fraction of sp³-hybridized carbons (Fsp3) is 0.455. The summed E-state index contributed by atoms with van der Waals surface area (Å²) in [4.78, 5) is 0. The van der Waals surface area contributed by atoms with Crippen LogP contribution in [-0.4, -0.2) is 26.2 Å². The molecule has 15 heavy (non-hydrogen) atoms. The molecular formula is C11H15ClN2O. The molecule has 1 saturated heterocycles. The van der Waals surface area contributed by atoms with E-state index < -0.39 is 0 Å². The van der Waals surface area contributed by atoms with Gasteiger partial charge in [-0.1, -0.05) is 17.7 Å². The number of rotatable bonds is 3. The average Bonchev–Trinajstić information content (AvgIpc) is 2.71. The molecule has 2 N–H and O–H groups in total. The highest BCUT2D eigenvalue weighted by Gasteiger charge is 2.16. The summed E-state index contributed by atoms with van der Waals surface area (Å²) in [5.41, 5.74) is 0.971. The van der Waals surface area contributed by atoms with Crippen molar-refractivity contribution in [3.63, 3.8) is 0 Å². The molecule has 1 aromatic rings. The molecule has 1 unspecified atom stereocenters. The van der Waals surface area contributed by atoms with Gasteiger partial charge >= 0.3 is 0 Å². The lowest BCUT2D eigenvalue weighted by atomic mass is 10.2. The van der Waals surface area contributed by atoms with Gasteiger partial charge in [0.1, 0.15) is 0 Å². The Morgan fingerprint density at radius 3 is 3.07 bits per heavy atom. The normalized spacial score (nSPS) is 20.3. The predicted octanol–water partition coefficient (Wildman–Crippen LogP) is 2.12. The van der Waals surface area contributed by atoms with Gasteiger partial charge in [0.25, 0.3) is 0 Å². The van der Waals surface area contributed by atoms with E-state index in [1.165, 1.54) is 0 Å². The smallest absolute Gasteiger partial charge is 0.160 e. The molecule has 4 heteroatoms. The predicted molar refractivity (Wildman–Crippen MR) is 62.9 cm³/mol. The first kappa shape index (κ1) is 10.6. The van der Waals surface area contributed by atoms with Crippen molar-refractivity contribution in [3.05, 3.63) is 23.2 Å². The molecule has 0 saturated carbocycles. The maximum atomic E-state index is 6.03. The fourth-order valence-corrected chi connectivity index (χ4v) is 2.08. The monoisotopic (exact) mass is 226 g/mol. The van der Waals surface area contributed by atoms with Gasteiger partial charge in [-0.2, -0.15) is 0 Å². The largest absolute Gasteiger partial charge is 0.493 e. The van der Waals surface area contributed by atoms with Crippen molar-refractivity contribution in [2.45, 2.75) is 12.5 Å². The van der Waals surface area contributed by atoms with Crippen molar-refractivity contribution in [2.24, 2.45) is 0 Å². The average molecular weight is 227 g/mol. The van der Waals surface area contributed by atoms with E-state index in [-0.39, 0.29) is 0 Å². The Kier molecular flexibility index (Phi) is 3.34. The molecule has 1 aliphatic rings. The van der Waals surface area contributed by atoms with Crippen LogP contribution >= 0.6 is 11.6 Å². The second kappa shape index (κ2) is 4.73. The van der Waals surface area contributed by atoms with E-state index in [4.69, 9.17) is 16.3 Å². The highest BCUT2D eigenvalue weighted by molar-refractivity contribution is 6.32. The van der Waals surface area contributed by atoms with E-state index in [9.17, 15) is 0 Å². The number of hydrogen-bond acceptors (Lipinski definition) is 3. The number of anilines is 1. The van der Waals surface area contributed by atoms with Gasteiger partial charge in [0.2, 0.25) is 0 Å². The number of nitrogens with one attached hydrogen (secondary N) is 2. The summed E-state index contributed by atoms with van der Waals surface area (Å²) in [5, 5.41) is 7.38. The minimum Gasteiger partial charge on any atom is -0.493 e. The summed E-state index contributed by atoms with van der Waals surface area (Å²) in [6.45, 7) is 2.07. The summed E-state index contributed by atoms with van der Waals surface area (Å²) >= 11 is 6.03. The number of benzene rings is 1. The summed E-state index contributed by atoms with van der Waals surface area (Å²) < 4.78 is 5.27. The fourth-order valence-electron chi connectivity index (χ4n) is 1.83. The lowest BCUT2D eigenvalue weighted by Crippen LogP contribution is -2.22. The van der Waals surface area contributed by atoms with Crippen LogP contribution in [0.2, 0.25) is 5.02 Å². The molecule has 0 aliphatic carbocycles. The van der Waals surface area contributed by atoms with Gasteiger partial charge in [-0.05, 0) is 25.1 Å². The van der Waals surface area contributed by atoms with Crippen LogP contribution in [0.4, 0.5) is 5.69 Å². The van der Waals surface area contributed by atoms with Gasteiger partial charge in [-0.3, -0.25) is 0 Å². The van der Waals surface area contributed by atoms with E-state index in [0.29, 0.717) is 11.1 Å². The quantitative estimate of drug-likeness (QED) is 0.829. The molecule has 0 amide bonds. The number of para-hydroxylation sites is 1. The summed E-state index contributed by atoms with van der Waals surface area (Å²) in [6.07, 6.45) is 1.13. The summed E-state index contributed by atoms with van der Waals surface area (Å²) in [5.74, 6) is 0.728. The lowest BCUT2D eigenvalue weighted by molar-refractivity contribution is 0.416. The standard InChI is InChI=1S/C11H15ClN2O/c1-15-11-9(12)3-2-4-10(11)14-8-5-6-13-7-8/h2-4,8,13-14H,5-7H2,1H3. The molecule has 0 bridgehead atoms. The highest BCUT2D eigenvalue weighted by Crippen LogP contribution is 2.33. The maximum Gasteiger partial charge on any atom is 0.160 e. The Balaban J connectivity index is 2.15. The lowest BCUT2D eigenvalue weighted by Gasteiger charge is -2.16. The number of halogens is 1. The number of hydrogen-bond donors (Lipinski definition) is 2. The SMILES string of the molecule is COc1c(Cl)cccc1NC1CCNC1. The van der Waals surface area contributed by atoms with Gasteiger partial charge < -0.3 is 15.4 Å². The number of ether oxygens (including phenoxy) is 1. The minimum absolute atomic E-state index is 0.470. The van der Waals surface area contributed by atoms with Gasteiger partial charge in [0.05, 0.1) is 17.8 Å². The van der Waals surface area contributed by atoms with E-state index in [1.54, 1.807) is 7.11 Å². The third-order valence-corrected chi connectivity index (χ3v) is 2.89. The molecule has 0 aromatic heterocycles. The molecule has 1 aliphatic heterocycles. The molecule has 0 radical (unpaired) electrons. The Bertz CT molecular complexity index is 337. The van der Waals surface area contributed by atoms with Gasteiger partial charge in [-0.25, -0.2) is 0 Å². The van der Waals surface area contributed by atoms with Crippen LogP contribution in [-0.2, 0) is 0 Å². The van der Waals surface area contributed by atoms with Crippen LogP contribution in [0.25, 0.3) is 0 Å². The van der Waals surface area contributed by atoms with Crippen molar-refractivity contribution >= 4 is 17.3 Å². The zero-order valence-corrected chi connectivity index (χ0v) is 9.47. The third-order valence-electron chi connectivity index (χ3n) is 2.59. The molecule has 1 aromatic carbocycles. The molecule has 2 rings (SSSR count). The Morgan fingerprint density at radius 2 is 2.40 bits per heavy atom. The first-order valence-electron chi connectivity index (χ1n) is 5.11. The van der Waals surface area contributed by atoms with Crippen molar-refractivity contribution < 1.29 is 4.74 Å². The topological polar surface area (TPSA) is 33.3 Å². The van der Waals surface area contributed by atoms with E-state index in [0.717, 1.165) is 30.9 Å². The molecule has 1 atom stereocenters. The van der Waals surface area contributed by atoms with Gasteiger partial charge in [0.15, 0.2) is 5.75 Å². The van der Waals surface area contributed by atoms with Crippen LogP contribution < -0.4 is 15.4 Å². The Hall–Kier alpha value is -0.930. The van der Waals surface area contributed by atoms with Gasteiger partial charge in [-0.15, -0.1) is 0 Å². The van der Waals surface area contributed by atoms with E-state index in [1.807, 2.05) is 18.2 Å². The van der Waals surface area contributed by atoms with Crippen molar-refractivity contribution in [1.29, 1.82) is 0 Å². The van der Waals surface area contributed by atoms with E-state index >= 15 is 0 Å². The molecular weight excluding hydrogens is 212 g/mol. The maximum absolute atomic E-state index is 6.03. The van der Waals surface area contributed by atoms with Crippen molar-refractivity contribution in [1.82, 2.24) is 5.32 Å². The van der Waals surface area contributed by atoms with Crippen LogP contribution in [0, 0.1) is 0 Å². The Morgan fingerprint density at radius 1 is 1.53 bits per heavy atom.